The Bertz CT molecular complexity index is 1200. The third-order valence-electron chi connectivity index (χ3n) is 7.00. The largest absolute Gasteiger partial charge is 0.396 e. The molecule has 1 saturated heterocycles. The molecule has 7 nitrogen and oxygen atoms in total. The first-order valence-corrected chi connectivity index (χ1v) is 11.5. The average molecular weight is 445 g/mol. The van der Waals surface area contributed by atoms with Crippen LogP contribution >= 0.6 is 0 Å². The number of rotatable bonds is 6. The van der Waals surface area contributed by atoms with Crippen molar-refractivity contribution in [3.8, 4) is 11.1 Å². The molecule has 0 saturated carbocycles. The molecular formula is C26H28N4O3. The Morgan fingerprint density at radius 3 is 2.67 bits per heavy atom. The van der Waals surface area contributed by atoms with Crippen LogP contribution in [-0.4, -0.2) is 44.7 Å². The molecule has 0 spiro atoms. The number of benzene rings is 1. The first-order valence-electron chi connectivity index (χ1n) is 11.5. The average Bonchev–Trinajstić information content (AvgIpc) is 3.05. The van der Waals surface area contributed by atoms with Gasteiger partial charge in [-0.2, -0.15) is 0 Å². The number of nitrogens with zero attached hydrogens (tertiary/aromatic N) is 3. The minimum atomic E-state index is -0.438. The molecule has 2 aromatic heterocycles. The molecule has 170 valence electrons. The van der Waals surface area contributed by atoms with Crippen LogP contribution in [0.1, 0.15) is 24.2 Å². The number of aromatic nitrogens is 2. The highest BCUT2D eigenvalue weighted by Gasteiger charge is 2.55. The standard InChI is InChI=1S/C26H28N4O3/c1-2-28-25(32)23-20(16-31)22-15-30-21(24(23)29(22)14-17-7-6-12-27-13-17)11-10-19(26(30)33)18-8-4-3-5-9-18/h3-13,20,22-24,31H,2,14-16H2,1H3,(H,28,32)/t20-,22-,23+,24+/m0/s1. The van der Waals surface area contributed by atoms with Crippen molar-refractivity contribution in [1.82, 2.24) is 19.8 Å². The molecule has 2 aliphatic heterocycles. The van der Waals surface area contributed by atoms with Gasteiger partial charge in [0.2, 0.25) is 5.91 Å². The van der Waals surface area contributed by atoms with Crippen LogP contribution in [-0.2, 0) is 17.9 Å². The van der Waals surface area contributed by atoms with Crippen LogP contribution < -0.4 is 10.9 Å². The summed E-state index contributed by atoms with van der Waals surface area (Å²) >= 11 is 0. The topological polar surface area (TPSA) is 87.5 Å². The monoisotopic (exact) mass is 444 g/mol. The van der Waals surface area contributed by atoms with E-state index in [9.17, 15) is 14.7 Å². The summed E-state index contributed by atoms with van der Waals surface area (Å²) < 4.78 is 1.82. The van der Waals surface area contributed by atoms with Gasteiger partial charge in [0.25, 0.3) is 5.56 Å². The zero-order valence-electron chi connectivity index (χ0n) is 18.6. The maximum atomic E-state index is 13.6. The fourth-order valence-electron chi connectivity index (χ4n) is 5.57. The molecule has 4 atom stereocenters. The van der Waals surface area contributed by atoms with Crippen molar-refractivity contribution in [3.63, 3.8) is 0 Å². The van der Waals surface area contributed by atoms with Gasteiger partial charge in [-0.3, -0.25) is 19.5 Å². The van der Waals surface area contributed by atoms with Gasteiger partial charge < -0.3 is 15.0 Å². The highest BCUT2D eigenvalue weighted by Crippen LogP contribution is 2.49. The Morgan fingerprint density at radius 1 is 1.15 bits per heavy atom. The third kappa shape index (κ3) is 3.67. The summed E-state index contributed by atoms with van der Waals surface area (Å²) in [6.45, 7) is 3.34. The molecule has 3 aromatic rings. The minimum absolute atomic E-state index is 0.0528. The summed E-state index contributed by atoms with van der Waals surface area (Å²) in [5.41, 5.74) is 3.34. The molecule has 5 rings (SSSR count). The first kappa shape index (κ1) is 21.6. The lowest BCUT2D eigenvalue weighted by Crippen LogP contribution is -2.46. The highest BCUT2D eigenvalue weighted by atomic mass is 16.3. The van der Waals surface area contributed by atoms with E-state index in [4.69, 9.17) is 0 Å². The molecule has 2 bridgehead atoms. The van der Waals surface area contributed by atoms with E-state index >= 15 is 0 Å². The number of aliphatic hydroxyl groups is 1. The molecule has 1 fully saturated rings. The number of hydrogen-bond donors (Lipinski definition) is 2. The fraction of sp³-hybridized carbons (Fsp3) is 0.346. The maximum Gasteiger partial charge on any atom is 0.258 e. The van der Waals surface area contributed by atoms with Crippen LogP contribution in [0.5, 0.6) is 0 Å². The van der Waals surface area contributed by atoms with Crippen molar-refractivity contribution in [2.45, 2.75) is 32.1 Å². The number of amides is 1. The van der Waals surface area contributed by atoms with Crippen LogP contribution in [0.2, 0.25) is 0 Å². The van der Waals surface area contributed by atoms with E-state index < -0.39 is 5.92 Å². The van der Waals surface area contributed by atoms with Crippen molar-refractivity contribution in [1.29, 1.82) is 0 Å². The predicted molar refractivity (Wildman–Crippen MR) is 125 cm³/mol. The Hall–Kier alpha value is -3.29. The van der Waals surface area contributed by atoms with Crippen LogP contribution in [0.4, 0.5) is 0 Å². The molecular weight excluding hydrogens is 416 g/mol. The number of pyridine rings is 2. The highest BCUT2D eigenvalue weighted by molar-refractivity contribution is 5.80. The second-order valence-corrected chi connectivity index (χ2v) is 8.77. The van der Waals surface area contributed by atoms with Gasteiger partial charge >= 0.3 is 0 Å². The van der Waals surface area contributed by atoms with E-state index in [0.717, 1.165) is 16.8 Å². The lowest BCUT2D eigenvalue weighted by atomic mass is 9.86. The predicted octanol–water partition coefficient (Wildman–Crippen LogP) is 2.21. The first-order chi connectivity index (χ1) is 16.1. The van der Waals surface area contributed by atoms with Crippen LogP contribution in [0.3, 0.4) is 0 Å². The van der Waals surface area contributed by atoms with E-state index in [0.29, 0.717) is 25.2 Å². The van der Waals surface area contributed by atoms with Crippen LogP contribution in [0.15, 0.2) is 71.8 Å². The third-order valence-corrected chi connectivity index (χ3v) is 7.00. The molecule has 2 aliphatic rings. The Balaban J connectivity index is 1.63. The van der Waals surface area contributed by atoms with Crippen LogP contribution in [0.25, 0.3) is 11.1 Å². The molecule has 0 unspecified atom stereocenters. The van der Waals surface area contributed by atoms with Crippen molar-refractivity contribution in [2.75, 3.05) is 13.2 Å². The summed E-state index contributed by atoms with van der Waals surface area (Å²) in [4.78, 5) is 33.3. The number of aliphatic hydroxyl groups excluding tert-OH is 1. The van der Waals surface area contributed by atoms with Crippen molar-refractivity contribution in [2.24, 2.45) is 11.8 Å². The molecule has 1 aromatic carbocycles. The summed E-state index contributed by atoms with van der Waals surface area (Å²) in [7, 11) is 0. The smallest absolute Gasteiger partial charge is 0.258 e. The van der Waals surface area contributed by atoms with E-state index in [1.165, 1.54) is 0 Å². The molecule has 0 aliphatic carbocycles. The zero-order valence-corrected chi connectivity index (χ0v) is 18.6. The summed E-state index contributed by atoms with van der Waals surface area (Å²) in [5, 5.41) is 13.3. The van der Waals surface area contributed by atoms with Gasteiger partial charge in [-0.05, 0) is 36.2 Å². The van der Waals surface area contributed by atoms with E-state index in [2.05, 4.69) is 15.2 Å². The second kappa shape index (κ2) is 8.92. The summed E-state index contributed by atoms with van der Waals surface area (Å²) in [6, 6.07) is 17.0. The molecule has 0 radical (unpaired) electrons. The van der Waals surface area contributed by atoms with Gasteiger partial charge in [0.15, 0.2) is 0 Å². The minimum Gasteiger partial charge on any atom is -0.396 e. The van der Waals surface area contributed by atoms with Gasteiger partial charge in [-0.1, -0.05) is 36.4 Å². The summed E-state index contributed by atoms with van der Waals surface area (Å²) in [6.07, 6.45) is 3.57. The second-order valence-electron chi connectivity index (χ2n) is 8.77. The number of fused-ring (bicyclic) bond motifs is 4. The maximum absolute atomic E-state index is 13.6. The van der Waals surface area contributed by atoms with Gasteiger partial charge in [0, 0.05) is 61.9 Å². The van der Waals surface area contributed by atoms with E-state index in [1.807, 2.05) is 72.3 Å². The molecule has 33 heavy (non-hydrogen) atoms. The molecule has 4 heterocycles. The lowest BCUT2D eigenvalue weighted by molar-refractivity contribution is -0.127. The van der Waals surface area contributed by atoms with Gasteiger partial charge in [-0.25, -0.2) is 0 Å². The van der Waals surface area contributed by atoms with E-state index in [1.54, 1.807) is 6.20 Å². The Morgan fingerprint density at radius 2 is 1.97 bits per heavy atom. The van der Waals surface area contributed by atoms with Gasteiger partial charge in [0.05, 0.1) is 12.0 Å². The fourth-order valence-corrected chi connectivity index (χ4v) is 5.57. The van der Waals surface area contributed by atoms with Gasteiger partial charge in [-0.15, -0.1) is 0 Å². The Labute approximate surface area is 192 Å². The molecule has 1 amide bonds. The SMILES string of the molecule is CCNC(=O)[C@@H]1[C@@H](CO)[C@@H]2Cn3c(ccc(-c4ccccc4)c3=O)[C@H]1N2Cc1cccnc1. The Kier molecular flexibility index (Phi) is 5.83. The zero-order chi connectivity index (χ0) is 22.9. The number of carbonyl (C=O) groups is 1. The van der Waals surface area contributed by atoms with Crippen molar-refractivity contribution in [3.05, 3.63) is 88.6 Å². The number of hydrogen-bond acceptors (Lipinski definition) is 5. The normalized spacial score (nSPS) is 23.8. The van der Waals surface area contributed by atoms with E-state index in [-0.39, 0.29) is 36.1 Å². The number of nitrogens with one attached hydrogen (secondary N) is 1. The van der Waals surface area contributed by atoms with Crippen LogP contribution in [0, 0.1) is 11.8 Å². The molecule has 2 N–H and O–H groups in total. The van der Waals surface area contributed by atoms with Crippen molar-refractivity contribution < 1.29 is 9.90 Å². The molecule has 7 heteroatoms. The quantitative estimate of drug-likeness (QED) is 0.609. The lowest BCUT2D eigenvalue weighted by Gasteiger charge is -2.38. The number of carbonyl (C=O) groups excluding carboxylic acids is 1. The summed E-state index contributed by atoms with van der Waals surface area (Å²) in [5.74, 6) is -0.779. The van der Waals surface area contributed by atoms with Gasteiger partial charge in [0.1, 0.15) is 0 Å². The van der Waals surface area contributed by atoms with Crippen molar-refractivity contribution >= 4 is 5.91 Å².